The lowest BCUT2D eigenvalue weighted by Gasteiger charge is -2.08. The molecular weight excluding hydrogens is 322 g/mol. The van der Waals surface area contributed by atoms with Gasteiger partial charge in [0.1, 0.15) is 5.82 Å². The summed E-state index contributed by atoms with van der Waals surface area (Å²) in [6.07, 6.45) is 3.78. The molecule has 0 aliphatic carbocycles. The van der Waals surface area contributed by atoms with Crippen molar-refractivity contribution in [1.29, 1.82) is 0 Å². The molecule has 0 fully saturated rings. The van der Waals surface area contributed by atoms with Crippen LogP contribution in [-0.2, 0) is 6.54 Å². The lowest BCUT2D eigenvalue weighted by atomic mass is 10.1. The lowest BCUT2D eigenvalue weighted by Crippen LogP contribution is -2.02. The summed E-state index contributed by atoms with van der Waals surface area (Å²) in [5.41, 5.74) is 5.14. The number of fused-ring (bicyclic) bond motifs is 2. The standard InChI is InChI=1S/C18H12ClN5/c19-13-3-1-2-11(6-13)8-21-17-9-20-16-7-12(4-5-15(16)22-17)14-10-24-18(14)23-24/h1-7,9-10H,8H2,(H,21,22). The minimum absolute atomic E-state index is 0.654. The molecular formula is C18H12ClN5. The molecule has 6 heteroatoms. The molecule has 1 aromatic heterocycles. The van der Waals surface area contributed by atoms with Gasteiger partial charge in [-0.1, -0.05) is 29.8 Å². The number of benzene rings is 2. The number of anilines is 1. The Bertz CT molecular complexity index is 1090. The second-order valence-electron chi connectivity index (χ2n) is 5.75. The third-order valence-electron chi connectivity index (χ3n) is 4.09. The van der Waals surface area contributed by atoms with E-state index in [-0.39, 0.29) is 0 Å². The molecule has 116 valence electrons. The first-order valence-corrected chi connectivity index (χ1v) is 8.00. The van der Waals surface area contributed by atoms with Gasteiger partial charge in [0.2, 0.25) is 0 Å². The monoisotopic (exact) mass is 333 g/mol. The Hall–Kier alpha value is -2.92. The molecule has 0 spiro atoms. The zero-order chi connectivity index (χ0) is 16.1. The smallest absolute Gasteiger partial charge is 0.183 e. The Balaban J connectivity index is 1.39. The van der Waals surface area contributed by atoms with Crippen LogP contribution in [0.1, 0.15) is 5.56 Å². The number of hydrogen-bond acceptors (Lipinski definition) is 4. The van der Waals surface area contributed by atoms with Gasteiger partial charge >= 0.3 is 0 Å². The van der Waals surface area contributed by atoms with Gasteiger partial charge in [0.05, 0.1) is 17.2 Å². The molecule has 24 heavy (non-hydrogen) atoms. The van der Waals surface area contributed by atoms with E-state index in [1.165, 1.54) is 5.56 Å². The molecule has 2 aliphatic rings. The number of rotatable bonds is 4. The van der Waals surface area contributed by atoms with E-state index < -0.39 is 0 Å². The third-order valence-corrected chi connectivity index (χ3v) is 4.32. The van der Waals surface area contributed by atoms with E-state index >= 15 is 0 Å². The second-order valence-corrected chi connectivity index (χ2v) is 6.19. The van der Waals surface area contributed by atoms with E-state index in [0.29, 0.717) is 6.54 Å². The fraction of sp³-hybridized carbons (Fsp3) is 0.0556. The number of halogens is 1. The highest BCUT2D eigenvalue weighted by Gasteiger charge is 2.24. The van der Waals surface area contributed by atoms with Crippen LogP contribution in [0.3, 0.4) is 0 Å². The molecule has 0 unspecified atom stereocenters. The maximum absolute atomic E-state index is 6.00. The Morgan fingerprint density at radius 2 is 2.04 bits per heavy atom. The highest BCUT2D eigenvalue weighted by atomic mass is 35.5. The quantitative estimate of drug-likeness (QED) is 0.539. The van der Waals surface area contributed by atoms with Gasteiger partial charge < -0.3 is 5.32 Å². The topological polar surface area (TPSA) is 55.6 Å². The van der Waals surface area contributed by atoms with Gasteiger partial charge in [0.15, 0.2) is 5.82 Å². The fourth-order valence-electron chi connectivity index (χ4n) is 2.77. The van der Waals surface area contributed by atoms with Gasteiger partial charge in [-0.3, -0.25) is 4.98 Å². The SMILES string of the molecule is Clc1cccc(CNc2cnc3cc(-c4cn5nc4-5)ccc3n2)c1. The average Bonchev–Trinajstić information content (AvgIpc) is 3.22. The van der Waals surface area contributed by atoms with Crippen molar-refractivity contribution < 1.29 is 0 Å². The molecule has 1 N–H and O–H groups in total. The van der Waals surface area contributed by atoms with Crippen molar-refractivity contribution in [2.75, 3.05) is 5.32 Å². The summed E-state index contributed by atoms with van der Waals surface area (Å²) in [4.78, 5) is 9.14. The van der Waals surface area contributed by atoms with Gasteiger partial charge in [0, 0.05) is 23.3 Å². The first kappa shape index (κ1) is 13.5. The van der Waals surface area contributed by atoms with E-state index in [2.05, 4.69) is 26.4 Å². The van der Waals surface area contributed by atoms with E-state index in [4.69, 9.17) is 11.6 Å². The number of nitrogens with zero attached hydrogens (tertiary/aromatic N) is 4. The van der Waals surface area contributed by atoms with Crippen LogP contribution in [0.2, 0.25) is 5.02 Å². The Kier molecular flexibility index (Phi) is 2.84. The van der Waals surface area contributed by atoms with E-state index in [1.54, 1.807) is 6.20 Å². The van der Waals surface area contributed by atoms with Crippen molar-refractivity contribution in [3.05, 3.63) is 65.4 Å². The summed E-state index contributed by atoms with van der Waals surface area (Å²) in [6.45, 7) is 0.654. The van der Waals surface area contributed by atoms with Gasteiger partial charge in [-0.2, -0.15) is 0 Å². The van der Waals surface area contributed by atoms with E-state index in [1.807, 2.05) is 47.3 Å². The number of hydrogen-bond donors (Lipinski definition) is 1. The summed E-state index contributed by atoms with van der Waals surface area (Å²) < 4.78 is 1.87. The summed E-state index contributed by atoms with van der Waals surface area (Å²) in [6, 6.07) is 13.9. The highest BCUT2D eigenvalue weighted by Crippen LogP contribution is 2.35. The largest absolute Gasteiger partial charge is 0.365 e. The first-order valence-electron chi connectivity index (χ1n) is 7.62. The normalized spacial score (nSPS) is 11.7. The molecule has 5 rings (SSSR count). The van der Waals surface area contributed by atoms with Gasteiger partial charge in [0.25, 0.3) is 0 Å². The second kappa shape index (κ2) is 5.04. The summed E-state index contributed by atoms with van der Waals surface area (Å²) in [7, 11) is 0. The molecule has 0 bridgehead atoms. The van der Waals surface area contributed by atoms with Gasteiger partial charge in [-0.25, -0.2) is 9.67 Å². The molecule has 3 heterocycles. The molecule has 2 aromatic carbocycles. The zero-order valence-electron chi connectivity index (χ0n) is 12.6. The minimum atomic E-state index is 0.654. The Labute approximate surface area is 142 Å². The molecule has 5 nitrogen and oxygen atoms in total. The predicted molar refractivity (Wildman–Crippen MR) is 94.4 cm³/mol. The van der Waals surface area contributed by atoms with Crippen LogP contribution in [-0.4, -0.2) is 19.7 Å². The molecule has 0 radical (unpaired) electrons. The maximum Gasteiger partial charge on any atom is 0.183 e. The maximum atomic E-state index is 6.00. The summed E-state index contributed by atoms with van der Waals surface area (Å²) in [5.74, 6) is 1.80. The van der Waals surface area contributed by atoms with Crippen molar-refractivity contribution >= 4 is 28.5 Å². The van der Waals surface area contributed by atoms with Crippen molar-refractivity contribution in [2.24, 2.45) is 0 Å². The van der Waals surface area contributed by atoms with Gasteiger partial charge in [-0.15, -0.1) is 5.10 Å². The minimum Gasteiger partial charge on any atom is -0.365 e. The van der Waals surface area contributed by atoms with Crippen molar-refractivity contribution in [3.63, 3.8) is 0 Å². The average molecular weight is 334 g/mol. The van der Waals surface area contributed by atoms with E-state index in [9.17, 15) is 0 Å². The van der Waals surface area contributed by atoms with Crippen molar-refractivity contribution in [1.82, 2.24) is 19.7 Å². The van der Waals surface area contributed by atoms with E-state index in [0.717, 1.165) is 38.8 Å². The lowest BCUT2D eigenvalue weighted by molar-refractivity contribution is 1.11. The fourth-order valence-corrected chi connectivity index (χ4v) is 2.98. The van der Waals surface area contributed by atoms with Crippen LogP contribution in [0.15, 0.2) is 54.9 Å². The Morgan fingerprint density at radius 1 is 1.08 bits per heavy atom. The highest BCUT2D eigenvalue weighted by molar-refractivity contribution is 6.30. The van der Waals surface area contributed by atoms with Crippen LogP contribution < -0.4 is 5.32 Å². The van der Waals surface area contributed by atoms with Crippen LogP contribution in [0.4, 0.5) is 5.82 Å². The Morgan fingerprint density at radius 3 is 2.83 bits per heavy atom. The number of nitrogens with one attached hydrogen (secondary N) is 1. The molecule has 0 saturated heterocycles. The summed E-state index contributed by atoms with van der Waals surface area (Å²) in [5, 5.41) is 8.20. The zero-order valence-corrected chi connectivity index (χ0v) is 13.3. The molecule has 0 amide bonds. The van der Waals surface area contributed by atoms with Gasteiger partial charge in [-0.05, 0) is 35.4 Å². The predicted octanol–water partition coefficient (Wildman–Crippen LogP) is 4.06. The molecule has 3 aromatic rings. The third kappa shape index (κ3) is 2.30. The van der Waals surface area contributed by atoms with Crippen molar-refractivity contribution in [2.45, 2.75) is 6.54 Å². The summed E-state index contributed by atoms with van der Waals surface area (Å²) >= 11 is 6.00. The van der Waals surface area contributed by atoms with Crippen molar-refractivity contribution in [3.8, 4) is 16.9 Å². The van der Waals surface area contributed by atoms with Crippen LogP contribution in [0.25, 0.3) is 28.0 Å². The number of aromatic nitrogens is 4. The molecule has 2 aliphatic heterocycles. The van der Waals surface area contributed by atoms with Crippen LogP contribution in [0.5, 0.6) is 0 Å². The van der Waals surface area contributed by atoms with Crippen LogP contribution >= 0.6 is 11.6 Å². The molecule has 0 saturated carbocycles. The molecule has 0 atom stereocenters. The van der Waals surface area contributed by atoms with Crippen LogP contribution in [0, 0.1) is 0 Å². The first-order chi connectivity index (χ1) is 11.8.